The molecule has 3 nitrogen and oxygen atoms in total. The molecule has 3 atom stereocenters. The zero-order valence-electron chi connectivity index (χ0n) is 6.78. The van der Waals surface area contributed by atoms with Crippen LogP contribution in [0.5, 0.6) is 0 Å². The molecule has 3 heteroatoms. The molecule has 64 valence electrons. The van der Waals surface area contributed by atoms with Gasteiger partial charge in [-0.05, 0) is 12.5 Å². The molecule has 0 bridgehead atoms. The number of rotatable bonds is 2. The molecule has 0 aromatic carbocycles. The Hall–Kier alpha value is -1.12. The Balaban J connectivity index is 2.33. The van der Waals surface area contributed by atoms with Crippen LogP contribution in [0.3, 0.4) is 0 Å². The van der Waals surface area contributed by atoms with E-state index in [1.807, 2.05) is 6.92 Å². The number of allylic oxidation sites excluding steroid dienone is 2. The molecule has 0 aromatic rings. The Bertz CT molecular complexity index is 292. The van der Waals surface area contributed by atoms with Gasteiger partial charge in [0, 0.05) is 5.92 Å². The predicted octanol–water partition coefficient (Wildman–Crippen LogP) is 0.852. The molecule has 1 fully saturated rings. The van der Waals surface area contributed by atoms with Crippen LogP contribution in [0.2, 0.25) is 0 Å². The summed E-state index contributed by atoms with van der Waals surface area (Å²) in [6, 6.07) is 0. The third kappa shape index (κ3) is 0.578. The van der Waals surface area contributed by atoms with Gasteiger partial charge >= 0.3 is 5.97 Å². The quantitative estimate of drug-likeness (QED) is 0.661. The van der Waals surface area contributed by atoms with Crippen molar-refractivity contribution in [3.63, 3.8) is 0 Å². The number of carboxylic acids is 1. The fraction of sp³-hybridized carbons (Fsp3) is 0.556. The second kappa shape index (κ2) is 1.97. The van der Waals surface area contributed by atoms with Gasteiger partial charge in [0.15, 0.2) is 5.78 Å². The van der Waals surface area contributed by atoms with E-state index in [1.54, 1.807) is 6.08 Å². The van der Waals surface area contributed by atoms with E-state index in [0.717, 1.165) is 0 Å². The largest absolute Gasteiger partial charge is 0.481 e. The average Bonchev–Trinajstić information content (AvgIpc) is 2.60. The number of fused-ring (bicyclic) bond motifs is 1. The van der Waals surface area contributed by atoms with Crippen molar-refractivity contribution >= 4 is 11.8 Å². The zero-order chi connectivity index (χ0) is 8.93. The Kier molecular flexibility index (Phi) is 1.24. The minimum Gasteiger partial charge on any atom is -0.481 e. The number of hydrogen-bond acceptors (Lipinski definition) is 2. The molecular weight excluding hydrogens is 156 g/mol. The van der Waals surface area contributed by atoms with E-state index in [4.69, 9.17) is 5.11 Å². The maximum atomic E-state index is 11.3. The van der Waals surface area contributed by atoms with Gasteiger partial charge in [-0.15, -0.1) is 0 Å². The van der Waals surface area contributed by atoms with Crippen LogP contribution in [0.15, 0.2) is 12.2 Å². The second-order valence-electron chi connectivity index (χ2n) is 3.46. The number of aliphatic carboxylic acids is 1. The Morgan fingerprint density at radius 1 is 1.75 bits per heavy atom. The summed E-state index contributed by atoms with van der Waals surface area (Å²) in [6.45, 7) is 1.88. The maximum absolute atomic E-state index is 11.3. The van der Waals surface area contributed by atoms with Crippen molar-refractivity contribution in [2.75, 3.05) is 0 Å². The maximum Gasteiger partial charge on any atom is 0.308 e. The summed E-state index contributed by atoms with van der Waals surface area (Å²) < 4.78 is 0. The van der Waals surface area contributed by atoms with Gasteiger partial charge in [-0.1, -0.05) is 13.0 Å². The zero-order valence-corrected chi connectivity index (χ0v) is 6.78. The summed E-state index contributed by atoms with van der Waals surface area (Å²) in [5.41, 5.74) is -0.550. The van der Waals surface area contributed by atoms with E-state index in [2.05, 4.69) is 0 Å². The first-order valence-corrected chi connectivity index (χ1v) is 4.10. The minimum absolute atomic E-state index is 0.00222. The molecule has 0 radical (unpaired) electrons. The number of ketones is 1. The van der Waals surface area contributed by atoms with Crippen LogP contribution in [0.4, 0.5) is 0 Å². The van der Waals surface area contributed by atoms with E-state index in [-0.39, 0.29) is 11.7 Å². The van der Waals surface area contributed by atoms with Crippen molar-refractivity contribution in [2.45, 2.75) is 13.3 Å². The summed E-state index contributed by atoms with van der Waals surface area (Å²) >= 11 is 0. The molecule has 0 amide bonds. The van der Waals surface area contributed by atoms with Crippen molar-refractivity contribution in [3.8, 4) is 0 Å². The highest BCUT2D eigenvalue weighted by Crippen LogP contribution is 2.65. The van der Waals surface area contributed by atoms with E-state index in [9.17, 15) is 9.59 Å². The highest BCUT2D eigenvalue weighted by molar-refractivity contribution is 6.05. The van der Waals surface area contributed by atoms with Gasteiger partial charge in [0.2, 0.25) is 0 Å². The first-order chi connectivity index (χ1) is 5.64. The third-order valence-corrected chi connectivity index (χ3v) is 3.16. The lowest BCUT2D eigenvalue weighted by Crippen LogP contribution is -2.17. The van der Waals surface area contributed by atoms with Crippen LogP contribution >= 0.6 is 0 Å². The summed E-state index contributed by atoms with van der Waals surface area (Å²) in [7, 11) is 0. The molecule has 1 saturated carbocycles. The Labute approximate surface area is 70.1 Å². The molecule has 1 N–H and O–H groups in total. The van der Waals surface area contributed by atoms with Gasteiger partial charge in [0.1, 0.15) is 0 Å². The summed E-state index contributed by atoms with van der Waals surface area (Å²) in [5, 5.41) is 8.79. The van der Waals surface area contributed by atoms with Crippen molar-refractivity contribution in [1.29, 1.82) is 0 Å². The molecule has 2 rings (SSSR count). The van der Waals surface area contributed by atoms with E-state index >= 15 is 0 Å². The van der Waals surface area contributed by atoms with Gasteiger partial charge in [0.25, 0.3) is 0 Å². The van der Waals surface area contributed by atoms with E-state index < -0.39 is 17.3 Å². The normalized spacial score (nSPS) is 42.9. The van der Waals surface area contributed by atoms with Crippen LogP contribution in [0, 0.1) is 17.3 Å². The van der Waals surface area contributed by atoms with Crippen LogP contribution < -0.4 is 0 Å². The van der Waals surface area contributed by atoms with Crippen molar-refractivity contribution in [2.24, 2.45) is 17.3 Å². The first kappa shape index (κ1) is 7.53. The number of carboxylic acid groups (broad SMARTS) is 1. The number of carbonyl (C=O) groups is 2. The van der Waals surface area contributed by atoms with Gasteiger partial charge in [-0.25, -0.2) is 0 Å². The summed E-state index contributed by atoms with van der Waals surface area (Å²) in [6.07, 6.45) is 3.90. The Morgan fingerprint density at radius 3 is 2.75 bits per heavy atom. The first-order valence-electron chi connectivity index (χ1n) is 4.10. The van der Waals surface area contributed by atoms with Gasteiger partial charge in [-0.3, -0.25) is 9.59 Å². The molecule has 12 heavy (non-hydrogen) atoms. The monoisotopic (exact) mass is 166 g/mol. The van der Waals surface area contributed by atoms with Crippen LogP contribution in [0.25, 0.3) is 0 Å². The highest BCUT2D eigenvalue weighted by Gasteiger charge is 2.71. The second-order valence-corrected chi connectivity index (χ2v) is 3.46. The summed E-state index contributed by atoms with van der Waals surface area (Å²) in [5.74, 6) is -1.30. The smallest absolute Gasteiger partial charge is 0.308 e. The molecule has 0 aliphatic heterocycles. The predicted molar refractivity (Wildman–Crippen MR) is 41.5 cm³/mol. The fourth-order valence-corrected chi connectivity index (χ4v) is 2.42. The van der Waals surface area contributed by atoms with Gasteiger partial charge < -0.3 is 5.11 Å². The number of carbonyl (C=O) groups excluding carboxylic acids is 1. The van der Waals surface area contributed by atoms with Crippen molar-refractivity contribution in [3.05, 3.63) is 12.2 Å². The Morgan fingerprint density at radius 2 is 2.42 bits per heavy atom. The molecule has 0 spiro atoms. The summed E-state index contributed by atoms with van der Waals surface area (Å²) in [4.78, 5) is 22.0. The average molecular weight is 166 g/mol. The molecule has 2 aliphatic rings. The van der Waals surface area contributed by atoms with Crippen LogP contribution in [-0.4, -0.2) is 16.9 Å². The standard InChI is InChI=1S/C9H10O3/c1-2-9-5(3-4-6(9)10)7(9)8(11)12/h3-5,7H,2H2,1H3,(H,11,12). The van der Waals surface area contributed by atoms with Gasteiger partial charge in [-0.2, -0.15) is 0 Å². The van der Waals surface area contributed by atoms with Crippen LogP contribution in [0.1, 0.15) is 13.3 Å². The molecular formula is C9H10O3. The molecule has 0 aromatic heterocycles. The topological polar surface area (TPSA) is 54.4 Å². The lowest BCUT2D eigenvalue weighted by Gasteiger charge is -2.06. The fourth-order valence-electron chi connectivity index (χ4n) is 2.42. The molecule has 2 aliphatic carbocycles. The third-order valence-electron chi connectivity index (χ3n) is 3.16. The number of hydrogen-bond donors (Lipinski definition) is 1. The molecule has 0 heterocycles. The molecule has 0 saturated heterocycles. The minimum atomic E-state index is -0.834. The van der Waals surface area contributed by atoms with Gasteiger partial charge in [0.05, 0.1) is 11.3 Å². The van der Waals surface area contributed by atoms with Crippen LogP contribution in [-0.2, 0) is 9.59 Å². The lowest BCUT2D eigenvalue weighted by molar-refractivity contribution is -0.141. The van der Waals surface area contributed by atoms with E-state index in [0.29, 0.717) is 6.42 Å². The van der Waals surface area contributed by atoms with Crippen molar-refractivity contribution in [1.82, 2.24) is 0 Å². The lowest BCUT2D eigenvalue weighted by atomic mass is 9.96. The van der Waals surface area contributed by atoms with E-state index in [1.165, 1.54) is 6.08 Å². The van der Waals surface area contributed by atoms with Crippen molar-refractivity contribution < 1.29 is 14.7 Å². The SMILES string of the molecule is CCC12C(=O)C=CC1C2C(=O)O. The molecule has 3 unspecified atom stereocenters. The highest BCUT2D eigenvalue weighted by atomic mass is 16.4.